The molecule has 0 aliphatic carbocycles. The number of halogens is 2. The summed E-state index contributed by atoms with van der Waals surface area (Å²) in [5.41, 5.74) is 4.78. The average molecular weight is 400 g/mol. The van der Waals surface area contributed by atoms with E-state index in [1.54, 1.807) is 0 Å². The van der Waals surface area contributed by atoms with E-state index in [0.717, 1.165) is 11.1 Å². The van der Waals surface area contributed by atoms with Crippen LogP contribution in [0.4, 0.5) is 8.78 Å². The zero-order valence-corrected chi connectivity index (χ0v) is 17.5. The van der Waals surface area contributed by atoms with Gasteiger partial charge < -0.3 is 9.47 Å². The Morgan fingerprint density at radius 3 is 2.54 bits per heavy atom. The molecule has 1 heterocycles. The smallest absolute Gasteiger partial charge is 0.222 e. The fourth-order valence-corrected chi connectivity index (χ4v) is 3.32. The molecule has 1 atom stereocenters. The molecule has 146 valence electrons. The van der Waals surface area contributed by atoms with Crippen molar-refractivity contribution in [2.45, 2.75) is 32.6 Å². The Morgan fingerprint density at radius 2 is 1.89 bits per heavy atom. The van der Waals surface area contributed by atoms with E-state index in [4.69, 9.17) is 9.47 Å². The predicted octanol–water partition coefficient (Wildman–Crippen LogP) is 5.11. The average Bonchev–Trinajstić information content (AvgIpc) is 3.09. The van der Waals surface area contributed by atoms with Crippen molar-refractivity contribution in [3.8, 4) is 17.2 Å². The Bertz CT molecular complexity index is 950. The maximum Gasteiger partial charge on any atom is 0.222 e. The Hall–Kier alpha value is -2.65. The zero-order valence-electron chi connectivity index (χ0n) is 16.5. The summed E-state index contributed by atoms with van der Waals surface area (Å²) in [5, 5.41) is 0. The molecule has 0 saturated carbocycles. The molecule has 1 aliphatic rings. The van der Waals surface area contributed by atoms with Gasteiger partial charge in [-0.2, -0.15) is 0 Å². The van der Waals surface area contributed by atoms with Crippen molar-refractivity contribution < 1.29 is 18.3 Å². The molecule has 2 aromatic rings. The van der Waals surface area contributed by atoms with E-state index >= 15 is 0 Å². The van der Waals surface area contributed by atoms with Gasteiger partial charge in [-0.05, 0) is 31.2 Å². The van der Waals surface area contributed by atoms with Gasteiger partial charge in [0.15, 0.2) is 0 Å². The maximum absolute atomic E-state index is 14.0. The SMILES string of the molecule is CCOc1cc(C#C[Si](C)(C)C)ccc1C1COC(c2c(F)cccc2F)=N1. The summed E-state index contributed by atoms with van der Waals surface area (Å²) < 4.78 is 39.4. The highest BCUT2D eigenvalue weighted by atomic mass is 28.3. The first-order valence-electron chi connectivity index (χ1n) is 9.23. The molecule has 2 aromatic carbocycles. The van der Waals surface area contributed by atoms with E-state index in [9.17, 15) is 8.78 Å². The Labute approximate surface area is 165 Å². The first-order chi connectivity index (χ1) is 13.3. The van der Waals surface area contributed by atoms with Crippen LogP contribution >= 0.6 is 0 Å². The van der Waals surface area contributed by atoms with Crippen LogP contribution in [0.5, 0.6) is 5.75 Å². The molecule has 0 N–H and O–H groups in total. The van der Waals surface area contributed by atoms with Crippen molar-refractivity contribution >= 4 is 14.0 Å². The highest BCUT2D eigenvalue weighted by Crippen LogP contribution is 2.33. The van der Waals surface area contributed by atoms with Gasteiger partial charge in [-0.25, -0.2) is 13.8 Å². The van der Waals surface area contributed by atoms with Crippen LogP contribution in [0.2, 0.25) is 19.6 Å². The first-order valence-corrected chi connectivity index (χ1v) is 12.7. The summed E-state index contributed by atoms with van der Waals surface area (Å²) in [6, 6.07) is 9.01. The van der Waals surface area contributed by atoms with Gasteiger partial charge in [0.1, 0.15) is 43.7 Å². The zero-order chi connectivity index (χ0) is 20.3. The van der Waals surface area contributed by atoms with E-state index < -0.39 is 25.8 Å². The van der Waals surface area contributed by atoms with Crippen molar-refractivity contribution in [2.75, 3.05) is 13.2 Å². The van der Waals surface area contributed by atoms with E-state index in [0.29, 0.717) is 12.4 Å². The highest BCUT2D eigenvalue weighted by Gasteiger charge is 2.28. The van der Waals surface area contributed by atoms with Crippen molar-refractivity contribution in [3.05, 3.63) is 64.7 Å². The molecule has 0 fully saturated rings. The Kier molecular flexibility index (Phi) is 5.85. The Morgan fingerprint density at radius 1 is 1.18 bits per heavy atom. The summed E-state index contributed by atoms with van der Waals surface area (Å²) in [4.78, 5) is 4.41. The monoisotopic (exact) mass is 399 g/mol. The van der Waals surface area contributed by atoms with Gasteiger partial charge in [0.2, 0.25) is 5.90 Å². The van der Waals surface area contributed by atoms with Gasteiger partial charge in [0.05, 0.1) is 6.61 Å². The fraction of sp³-hybridized carbons (Fsp3) is 0.318. The minimum absolute atomic E-state index is 0.0225. The first kappa shape index (κ1) is 20.1. The van der Waals surface area contributed by atoms with Crippen molar-refractivity contribution in [1.29, 1.82) is 0 Å². The molecule has 28 heavy (non-hydrogen) atoms. The number of hydrogen-bond acceptors (Lipinski definition) is 3. The van der Waals surface area contributed by atoms with Crippen LogP contribution in [0.1, 0.15) is 29.7 Å². The molecule has 3 rings (SSSR count). The molecule has 1 aliphatic heterocycles. The molecular formula is C22H23F2NO2Si. The molecule has 0 saturated heterocycles. The van der Waals surface area contributed by atoms with Gasteiger partial charge in [0, 0.05) is 11.1 Å². The summed E-state index contributed by atoms with van der Waals surface area (Å²) >= 11 is 0. The molecule has 0 amide bonds. The third-order valence-corrected chi connectivity index (χ3v) is 4.96. The number of ether oxygens (including phenoxy) is 2. The normalized spacial score (nSPS) is 16.1. The standard InChI is InChI=1S/C22H23F2NO2Si/c1-5-26-20-13-15(11-12-28(2,3)4)9-10-16(20)19-14-27-22(25-19)21-17(23)7-6-8-18(21)24/h6-10,13,19H,5,14H2,1-4H3. The highest BCUT2D eigenvalue weighted by molar-refractivity contribution is 6.83. The van der Waals surface area contributed by atoms with Gasteiger partial charge in [-0.15, -0.1) is 5.54 Å². The summed E-state index contributed by atoms with van der Waals surface area (Å²) in [7, 11) is -1.49. The number of nitrogens with zero attached hydrogens (tertiary/aromatic N) is 1. The quantitative estimate of drug-likeness (QED) is 0.528. The fourth-order valence-electron chi connectivity index (χ4n) is 2.80. The van der Waals surface area contributed by atoms with Crippen LogP contribution in [0, 0.1) is 23.1 Å². The number of hydrogen-bond donors (Lipinski definition) is 0. The molecule has 3 nitrogen and oxygen atoms in total. The van der Waals surface area contributed by atoms with Crippen LogP contribution in [-0.2, 0) is 4.74 Å². The van der Waals surface area contributed by atoms with Gasteiger partial charge in [0.25, 0.3) is 0 Å². The van der Waals surface area contributed by atoms with Crippen LogP contribution in [-0.4, -0.2) is 27.2 Å². The summed E-state index contributed by atoms with van der Waals surface area (Å²) in [5.74, 6) is 2.47. The van der Waals surface area contributed by atoms with E-state index in [-0.39, 0.29) is 18.1 Å². The number of benzene rings is 2. The minimum atomic E-state index is -1.49. The van der Waals surface area contributed by atoms with E-state index in [1.807, 2.05) is 25.1 Å². The number of aliphatic imine (C=N–C) groups is 1. The largest absolute Gasteiger partial charge is 0.493 e. The van der Waals surface area contributed by atoms with E-state index in [2.05, 4.69) is 36.1 Å². The molecule has 0 aromatic heterocycles. The summed E-state index contributed by atoms with van der Waals surface area (Å²) in [6.07, 6.45) is 0. The molecule has 0 spiro atoms. The molecule has 0 radical (unpaired) electrons. The third kappa shape index (κ3) is 4.60. The second kappa shape index (κ2) is 8.15. The molecule has 0 bridgehead atoms. The minimum Gasteiger partial charge on any atom is -0.493 e. The van der Waals surface area contributed by atoms with Gasteiger partial charge in [-0.3, -0.25) is 0 Å². The van der Waals surface area contributed by atoms with Gasteiger partial charge >= 0.3 is 0 Å². The predicted molar refractivity (Wildman–Crippen MR) is 109 cm³/mol. The lowest BCUT2D eigenvalue weighted by Gasteiger charge is -2.13. The van der Waals surface area contributed by atoms with Crippen LogP contribution in [0.3, 0.4) is 0 Å². The summed E-state index contributed by atoms with van der Waals surface area (Å²) in [6.45, 7) is 9.15. The van der Waals surface area contributed by atoms with Crippen molar-refractivity contribution in [3.63, 3.8) is 0 Å². The lowest BCUT2D eigenvalue weighted by molar-refractivity contribution is 0.305. The van der Waals surface area contributed by atoms with E-state index in [1.165, 1.54) is 18.2 Å². The lowest BCUT2D eigenvalue weighted by atomic mass is 10.0. The molecule has 6 heteroatoms. The topological polar surface area (TPSA) is 30.8 Å². The second-order valence-corrected chi connectivity index (χ2v) is 12.3. The van der Waals surface area contributed by atoms with Crippen LogP contribution in [0.15, 0.2) is 41.4 Å². The Balaban J connectivity index is 1.95. The second-order valence-electron chi connectivity index (χ2n) is 7.54. The number of rotatable bonds is 4. The molecular weight excluding hydrogens is 376 g/mol. The third-order valence-electron chi connectivity index (χ3n) is 4.08. The van der Waals surface area contributed by atoms with Crippen molar-refractivity contribution in [2.24, 2.45) is 4.99 Å². The lowest BCUT2D eigenvalue weighted by Crippen LogP contribution is -2.16. The van der Waals surface area contributed by atoms with Crippen molar-refractivity contribution in [1.82, 2.24) is 0 Å². The van der Waals surface area contributed by atoms with Crippen LogP contribution < -0.4 is 4.74 Å². The van der Waals surface area contributed by atoms with Gasteiger partial charge in [-0.1, -0.05) is 37.7 Å². The maximum atomic E-state index is 14.0. The molecule has 1 unspecified atom stereocenters. The van der Waals surface area contributed by atoms with Crippen LogP contribution in [0.25, 0.3) is 0 Å².